The fourth-order valence-corrected chi connectivity index (χ4v) is 3.48. The Labute approximate surface area is 138 Å². The molecule has 0 fully saturated rings. The van der Waals surface area contributed by atoms with E-state index >= 15 is 0 Å². The predicted octanol–water partition coefficient (Wildman–Crippen LogP) is 5.13. The standard InChI is InChI=1S/C17H15ClN2OS/c1-9-4-10(2)6-12(5-9)16(21)20-17-19-14-8-13(18)11(3)7-15(14)22-17/h4-8H,1-3H3,(H,19,20,21). The number of hydrogen-bond donors (Lipinski definition) is 1. The van der Waals surface area contributed by atoms with Gasteiger partial charge in [0.1, 0.15) is 0 Å². The van der Waals surface area contributed by atoms with Crippen molar-refractivity contribution in [1.82, 2.24) is 4.98 Å². The monoisotopic (exact) mass is 330 g/mol. The van der Waals surface area contributed by atoms with Crippen LogP contribution in [-0.4, -0.2) is 10.9 Å². The smallest absolute Gasteiger partial charge is 0.257 e. The summed E-state index contributed by atoms with van der Waals surface area (Å²) in [6.07, 6.45) is 0. The van der Waals surface area contributed by atoms with Crippen LogP contribution < -0.4 is 5.32 Å². The van der Waals surface area contributed by atoms with Crippen molar-refractivity contribution in [1.29, 1.82) is 0 Å². The molecule has 0 atom stereocenters. The summed E-state index contributed by atoms with van der Waals surface area (Å²) in [6.45, 7) is 5.91. The number of nitrogens with zero attached hydrogens (tertiary/aromatic N) is 1. The maximum Gasteiger partial charge on any atom is 0.257 e. The van der Waals surface area contributed by atoms with Gasteiger partial charge in [0.25, 0.3) is 5.91 Å². The third kappa shape index (κ3) is 2.98. The first kappa shape index (κ1) is 15.0. The second-order valence-electron chi connectivity index (χ2n) is 5.42. The zero-order valence-corrected chi connectivity index (χ0v) is 14.1. The number of carbonyl (C=O) groups excluding carboxylic acids is 1. The molecule has 1 amide bonds. The first-order chi connectivity index (χ1) is 10.4. The van der Waals surface area contributed by atoms with E-state index in [0.29, 0.717) is 15.7 Å². The fourth-order valence-electron chi connectivity index (χ4n) is 2.38. The zero-order valence-electron chi connectivity index (χ0n) is 12.5. The lowest BCUT2D eigenvalue weighted by atomic mass is 10.1. The quantitative estimate of drug-likeness (QED) is 0.708. The lowest BCUT2D eigenvalue weighted by Gasteiger charge is -2.04. The third-order valence-corrected chi connectivity index (χ3v) is 4.71. The number of thiazole rings is 1. The molecular formula is C17H15ClN2OS. The molecule has 1 N–H and O–H groups in total. The first-order valence-corrected chi connectivity index (χ1v) is 8.08. The number of fused-ring (bicyclic) bond motifs is 1. The van der Waals surface area contributed by atoms with Crippen molar-refractivity contribution in [2.75, 3.05) is 5.32 Å². The van der Waals surface area contributed by atoms with Gasteiger partial charge in [-0.2, -0.15) is 0 Å². The van der Waals surface area contributed by atoms with Gasteiger partial charge in [0.05, 0.1) is 10.2 Å². The molecule has 0 radical (unpaired) electrons. The summed E-state index contributed by atoms with van der Waals surface area (Å²) in [4.78, 5) is 16.8. The van der Waals surface area contributed by atoms with Gasteiger partial charge in [0.15, 0.2) is 5.13 Å². The highest BCUT2D eigenvalue weighted by Gasteiger charge is 2.11. The Balaban J connectivity index is 1.90. The molecule has 0 bridgehead atoms. The summed E-state index contributed by atoms with van der Waals surface area (Å²) >= 11 is 7.56. The summed E-state index contributed by atoms with van der Waals surface area (Å²) in [5.41, 5.74) is 4.58. The van der Waals surface area contributed by atoms with E-state index < -0.39 is 0 Å². The molecule has 0 spiro atoms. The van der Waals surface area contributed by atoms with Crippen LogP contribution in [0.2, 0.25) is 5.02 Å². The van der Waals surface area contributed by atoms with E-state index in [2.05, 4.69) is 10.3 Å². The third-order valence-electron chi connectivity index (χ3n) is 3.37. The molecule has 22 heavy (non-hydrogen) atoms. The number of amides is 1. The van der Waals surface area contributed by atoms with Gasteiger partial charge in [-0.1, -0.05) is 40.1 Å². The largest absolute Gasteiger partial charge is 0.298 e. The van der Waals surface area contributed by atoms with Crippen molar-refractivity contribution in [3.63, 3.8) is 0 Å². The minimum atomic E-state index is -0.145. The maximum atomic E-state index is 12.4. The van der Waals surface area contributed by atoms with Gasteiger partial charge in [-0.25, -0.2) is 4.98 Å². The van der Waals surface area contributed by atoms with Crippen molar-refractivity contribution in [3.8, 4) is 0 Å². The van der Waals surface area contributed by atoms with Crippen molar-refractivity contribution >= 4 is 44.2 Å². The molecule has 3 nitrogen and oxygen atoms in total. The lowest BCUT2D eigenvalue weighted by Crippen LogP contribution is -2.12. The normalized spacial score (nSPS) is 10.9. The van der Waals surface area contributed by atoms with E-state index in [-0.39, 0.29) is 5.91 Å². The molecule has 0 aliphatic heterocycles. The second-order valence-corrected chi connectivity index (χ2v) is 6.86. The highest BCUT2D eigenvalue weighted by atomic mass is 35.5. The van der Waals surface area contributed by atoms with Crippen LogP contribution in [0.1, 0.15) is 27.0 Å². The van der Waals surface area contributed by atoms with E-state index in [9.17, 15) is 4.79 Å². The predicted molar refractivity (Wildman–Crippen MR) is 93.2 cm³/mol. The van der Waals surface area contributed by atoms with Crippen molar-refractivity contribution in [2.24, 2.45) is 0 Å². The second kappa shape index (κ2) is 5.71. The van der Waals surface area contributed by atoms with Gasteiger partial charge in [-0.15, -0.1) is 0 Å². The summed E-state index contributed by atoms with van der Waals surface area (Å²) < 4.78 is 1.01. The topological polar surface area (TPSA) is 42.0 Å². The molecule has 3 aromatic rings. The molecule has 3 rings (SSSR count). The summed E-state index contributed by atoms with van der Waals surface area (Å²) in [5, 5.41) is 4.14. The van der Waals surface area contributed by atoms with Crippen LogP contribution in [0.15, 0.2) is 30.3 Å². The Bertz CT molecular complexity index is 826. The number of rotatable bonds is 2. The van der Waals surface area contributed by atoms with Crippen LogP contribution in [0, 0.1) is 20.8 Å². The van der Waals surface area contributed by atoms with E-state index in [1.54, 1.807) is 0 Å². The van der Waals surface area contributed by atoms with Gasteiger partial charge < -0.3 is 0 Å². The SMILES string of the molecule is Cc1cc(C)cc(C(=O)Nc2nc3cc(Cl)c(C)cc3s2)c1. The molecule has 2 aromatic carbocycles. The Kier molecular flexibility index (Phi) is 3.89. The van der Waals surface area contributed by atoms with Gasteiger partial charge in [0.2, 0.25) is 0 Å². The van der Waals surface area contributed by atoms with E-state index in [1.807, 2.05) is 51.1 Å². The number of halogens is 1. The fraction of sp³-hybridized carbons (Fsp3) is 0.176. The Morgan fingerprint density at radius 1 is 1.09 bits per heavy atom. The molecule has 5 heteroatoms. The number of anilines is 1. The van der Waals surface area contributed by atoms with Crippen LogP contribution in [-0.2, 0) is 0 Å². The summed E-state index contributed by atoms with van der Waals surface area (Å²) in [7, 11) is 0. The maximum absolute atomic E-state index is 12.4. The van der Waals surface area contributed by atoms with Crippen LogP contribution in [0.25, 0.3) is 10.2 Å². The number of hydrogen-bond acceptors (Lipinski definition) is 3. The van der Waals surface area contributed by atoms with E-state index in [0.717, 1.165) is 26.9 Å². The highest BCUT2D eigenvalue weighted by molar-refractivity contribution is 7.22. The average molecular weight is 331 g/mol. The number of aryl methyl sites for hydroxylation is 3. The molecular weight excluding hydrogens is 316 g/mol. The summed E-state index contributed by atoms with van der Waals surface area (Å²) in [5.74, 6) is -0.145. The Morgan fingerprint density at radius 2 is 1.77 bits per heavy atom. The number of nitrogens with one attached hydrogen (secondary N) is 1. The van der Waals surface area contributed by atoms with Crippen molar-refractivity contribution < 1.29 is 4.79 Å². The summed E-state index contributed by atoms with van der Waals surface area (Å²) in [6, 6.07) is 9.60. The van der Waals surface area contributed by atoms with Crippen molar-refractivity contribution in [3.05, 3.63) is 57.6 Å². The molecule has 0 saturated carbocycles. The Hall–Kier alpha value is -1.91. The average Bonchev–Trinajstić information content (AvgIpc) is 2.79. The molecule has 0 aliphatic rings. The molecule has 0 saturated heterocycles. The molecule has 0 aliphatic carbocycles. The lowest BCUT2D eigenvalue weighted by molar-refractivity contribution is 0.102. The van der Waals surface area contributed by atoms with Gasteiger partial charge >= 0.3 is 0 Å². The molecule has 0 unspecified atom stereocenters. The van der Waals surface area contributed by atoms with E-state index in [4.69, 9.17) is 11.6 Å². The molecule has 1 heterocycles. The van der Waals surface area contributed by atoms with Gasteiger partial charge in [0, 0.05) is 10.6 Å². The Morgan fingerprint density at radius 3 is 2.45 bits per heavy atom. The number of benzene rings is 2. The minimum absolute atomic E-state index is 0.145. The molecule has 1 aromatic heterocycles. The zero-order chi connectivity index (χ0) is 15.9. The number of carbonyl (C=O) groups is 1. The van der Waals surface area contributed by atoms with Crippen LogP contribution >= 0.6 is 22.9 Å². The van der Waals surface area contributed by atoms with Gasteiger partial charge in [-0.3, -0.25) is 10.1 Å². The van der Waals surface area contributed by atoms with Crippen LogP contribution in [0.3, 0.4) is 0 Å². The highest BCUT2D eigenvalue weighted by Crippen LogP contribution is 2.30. The minimum Gasteiger partial charge on any atom is -0.298 e. The van der Waals surface area contributed by atoms with Gasteiger partial charge in [-0.05, 0) is 50.6 Å². The van der Waals surface area contributed by atoms with E-state index in [1.165, 1.54) is 11.3 Å². The first-order valence-electron chi connectivity index (χ1n) is 6.89. The number of aromatic nitrogens is 1. The van der Waals surface area contributed by atoms with Crippen molar-refractivity contribution in [2.45, 2.75) is 20.8 Å². The molecule has 112 valence electrons. The van der Waals surface area contributed by atoms with Crippen LogP contribution in [0.4, 0.5) is 5.13 Å². The van der Waals surface area contributed by atoms with Crippen LogP contribution in [0.5, 0.6) is 0 Å².